The van der Waals surface area contributed by atoms with Gasteiger partial charge in [-0.05, 0) is 51.4 Å². The van der Waals surface area contributed by atoms with Crippen molar-refractivity contribution in [3.05, 3.63) is 0 Å². The Hall–Kier alpha value is 0.668. The Kier molecular flexibility index (Phi) is 8.62. The molecule has 0 saturated heterocycles. The van der Waals surface area contributed by atoms with E-state index in [2.05, 4.69) is 39.3 Å². The molecule has 0 aromatic rings. The van der Waals surface area contributed by atoms with Crippen LogP contribution in [0.5, 0.6) is 0 Å². The summed E-state index contributed by atoms with van der Waals surface area (Å²) in [5.41, 5.74) is 0. The molecule has 5 nitrogen and oxygen atoms in total. The summed E-state index contributed by atoms with van der Waals surface area (Å²) in [4.78, 5) is 0. The highest BCUT2D eigenvalue weighted by atomic mass is 28.5. The Morgan fingerprint density at radius 2 is 1.45 bits per heavy atom. The summed E-state index contributed by atoms with van der Waals surface area (Å²) in [6.45, 7) is 13.0. The average molecular weight is 357 g/mol. The zero-order valence-corrected chi connectivity index (χ0v) is 18.4. The first-order valence-corrected chi connectivity index (χ1v) is 18.0. The smallest absolute Gasteiger partial charge is 0.363 e. The highest BCUT2D eigenvalue weighted by Crippen LogP contribution is 2.25. The van der Waals surface area contributed by atoms with Gasteiger partial charge in [-0.15, -0.1) is 0 Å². The van der Waals surface area contributed by atoms with Gasteiger partial charge in [-0.1, -0.05) is 0 Å². The first kappa shape index (κ1) is 20.7. The molecule has 122 valence electrons. The van der Waals surface area contributed by atoms with Gasteiger partial charge in [0.05, 0.1) is 6.23 Å². The van der Waals surface area contributed by atoms with Gasteiger partial charge in [0, 0.05) is 14.2 Å². The van der Waals surface area contributed by atoms with Crippen molar-refractivity contribution in [3.8, 4) is 0 Å². The van der Waals surface area contributed by atoms with Crippen LogP contribution in [0.2, 0.25) is 51.4 Å². The van der Waals surface area contributed by atoms with Crippen LogP contribution in [0.25, 0.3) is 0 Å². The topological polar surface area (TPSA) is 57.2 Å². The molecule has 0 aliphatic rings. The Morgan fingerprint density at radius 3 is 1.80 bits per heavy atom. The monoisotopic (exact) mass is 356 g/mol. The second-order valence-corrected chi connectivity index (χ2v) is 20.5. The van der Waals surface area contributed by atoms with E-state index in [1.54, 1.807) is 14.2 Å². The van der Waals surface area contributed by atoms with Crippen molar-refractivity contribution in [2.45, 2.75) is 51.4 Å². The summed E-state index contributed by atoms with van der Waals surface area (Å²) in [6.07, 6.45) is -0.0132. The maximum atomic E-state index is 9.50. The SMILES string of the molecule is CO[Si](CO)(CC[Si](C)(C)O[Si](C)(C)O[SiH](C)C)OC. The Morgan fingerprint density at radius 1 is 0.950 bits per heavy atom. The van der Waals surface area contributed by atoms with E-state index >= 15 is 0 Å². The fraction of sp³-hybridized carbons (Fsp3) is 1.00. The average Bonchev–Trinajstić information content (AvgIpc) is 2.28. The summed E-state index contributed by atoms with van der Waals surface area (Å²) in [5, 5.41) is 9.50. The van der Waals surface area contributed by atoms with Gasteiger partial charge < -0.3 is 22.2 Å². The van der Waals surface area contributed by atoms with Crippen LogP contribution in [-0.4, -0.2) is 60.0 Å². The van der Waals surface area contributed by atoms with Crippen molar-refractivity contribution in [3.63, 3.8) is 0 Å². The van der Waals surface area contributed by atoms with Crippen LogP contribution in [0.4, 0.5) is 0 Å². The second-order valence-electron chi connectivity index (χ2n) is 6.41. The lowest BCUT2D eigenvalue weighted by Crippen LogP contribution is -2.51. The van der Waals surface area contributed by atoms with Crippen molar-refractivity contribution in [2.75, 3.05) is 20.4 Å². The van der Waals surface area contributed by atoms with Crippen LogP contribution in [0, 0.1) is 0 Å². The molecule has 1 N–H and O–H groups in total. The molecular formula is C11H32O5Si4. The molecule has 0 saturated carbocycles. The maximum absolute atomic E-state index is 9.50. The molecule has 20 heavy (non-hydrogen) atoms. The predicted molar refractivity (Wildman–Crippen MR) is 92.5 cm³/mol. The first-order chi connectivity index (χ1) is 9.01. The number of aliphatic hydroxyl groups is 1. The molecule has 0 atom stereocenters. The van der Waals surface area contributed by atoms with Gasteiger partial charge in [0.1, 0.15) is 0 Å². The van der Waals surface area contributed by atoms with E-state index in [4.69, 9.17) is 17.1 Å². The lowest BCUT2D eigenvalue weighted by atomic mass is 10.9. The van der Waals surface area contributed by atoms with E-state index < -0.39 is 34.5 Å². The van der Waals surface area contributed by atoms with Gasteiger partial charge in [-0.3, -0.25) is 0 Å². The van der Waals surface area contributed by atoms with Crippen molar-refractivity contribution in [2.24, 2.45) is 0 Å². The van der Waals surface area contributed by atoms with Gasteiger partial charge in [-0.2, -0.15) is 0 Å². The number of hydrogen-bond donors (Lipinski definition) is 1. The molecule has 0 heterocycles. The van der Waals surface area contributed by atoms with Crippen LogP contribution in [-0.2, 0) is 17.1 Å². The molecule has 0 aliphatic carbocycles. The Labute approximate surface area is 128 Å². The van der Waals surface area contributed by atoms with Crippen molar-refractivity contribution < 1.29 is 22.2 Å². The zero-order chi connectivity index (χ0) is 16.0. The van der Waals surface area contributed by atoms with E-state index in [0.29, 0.717) is 0 Å². The minimum atomic E-state index is -2.44. The normalized spacial score (nSPS) is 14.1. The van der Waals surface area contributed by atoms with Gasteiger partial charge in [0.15, 0.2) is 17.4 Å². The maximum Gasteiger partial charge on any atom is 0.363 e. The van der Waals surface area contributed by atoms with E-state index in [-0.39, 0.29) is 6.23 Å². The molecule has 0 bridgehead atoms. The van der Waals surface area contributed by atoms with Crippen molar-refractivity contribution in [1.82, 2.24) is 0 Å². The molecule has 0 aromatic carbocycles. The predicted octanol–water partition coefficient (Wildman–Crippen LogP) is 2.18. The molecule has 0 aromatic heterocycles. The van der Waals surface area contributed by atoms with E-state index in [1.165, 1.54) is 0 Å². The third kappa shape index (κ3) is 7.61. The van der Waals surface area contributed by atoms with Crippen molar-refractivity contribution in [1.29, 1.82) is 0 Å². The molecular weight excluding hydrogens is 324 g/mol. The molecule has 0 spiro atoms. The largest absolute Gasteiger partial charge is 0.440 e. The van der Waals surface area contributed by atoms with Gasteiger partial charge >= 0.3 is 17.1 Å². The fourth-order valence-corrected chi connectivity index (χ4v) is 18.1. The van der Waals surface area contributed by atoms with Crippen LogP contribution in [0.15, 0.2) is 0 Å². The summed E-state index contributed by atoms with van der Waals surface area (Å²) < 4.78 is 23.4. The third-order valence-corrected chi connectivity index (χ3v) is 16.4. The number of hydrogen-bond acceptors (Lipinski definition) is 5. The summed E-state index contributed by atoms with van der Waals surface area (Å²) in [6, 6.07) is 1.68. The third-order valence-electron chi connectivity index (χ3n) is 3.13. The fourth-order valence-electron chi connectivity index (χ4n) is 2.30. The number of rotatable bonds is 10. The summed E-state index contributed by atoms with van der Waals surface area (Å²) in [7, 11) is -4.16. The molecule has 0 rings (SSSR count). The molecule has 9 heteroatoms. The Bertz CT molecular complexity index is 274. The lowest BCUT2D eigenvalue weighted by Gasteiger charge is -2.36. The minimum absolute atomic E-state index is 0.0132. The summed E-state index contributed by atoms with van der Waals surface area (Å²) in [5.74, 6) is 0. The van der Waals surface area contributed by atoms with Gasteiger partial charge in [0.2, 0.25) is 0 Å². The van der Waals surface area contributed by atoms with Crippen LogP contribution >= 0.6 is 0 Å². The van der Waals surface area contributed by atoms with Crippen LogP contribution in [0.3, 0.4) is 0 Å². The highest BCUT2D eigenvalue weighted by molar-refractivity contribution is 6.85. The van der Waals surface area contributed by atoms with Gasteiger partial charge in [-0.25, -0.2) is 0 Å². The second kappa shape index (κ2) is 8.34. The quantitative estimate of drug-likeness (QED) is 0.608. The number of aliphatic hydroxyl groups excluding tert-OH is 1. The highest BCUT2D eigenvalue weighted by Gasteiger charge is 2.40. The van der Waals surface area contributed by atoms with Crippen LogP contribution in [0.1, 0.15) is 0 Å². The lowest BCUT2D eigenvalue weighted by molar-refractivity contribution is 0.197. The molecule has 0 unspecified atom stereocenters. The standard InChI is InChI=1S/C11H32O5Si4/c1-13-20(11-12,14-2)10-9-18(5,6)16-19(7,8)15-17(3)4/h12,17H,9-11H2,1-8H3. The molecule has 0 amide bonds. The molecule has 0 aliphatic heterocycles. The van der Waals surface area contributed by atoms with Crippen LogP contribution < -0.4 is 0 Å². The zero-order valence-electron chi connectivity index (χ0n) is 14.3. The minimum Gasteiger partial charge on any atom is -0.440 e. The van der Waals surface area contributed by atoms with Crippen molar-refractivity contribution >= 4 is 34.5 Å². The first-order valence-electron chi connectivity index (χ1n) is 7.10. The molecule has 0 fully saturated rings. The Balaban J connectivity index is 4.59. The van der Waals surface area contributed by atoms with E-state index in [9.17, 15) is 5.11 Å². The summed E-state index contributed by atoms with van der Waals surface area (Å²) >= 11 is 0. The van der Waals surface area contributed by atoms with Gasteiger partial charge in [0.25, 0.3) is 0 Å². The van der Waals surface area contributed by atoms with E-state index in [0.717, 1.165) is 12.1 Å². The van der Waals surface area contributed by atoms with E-state index in [1.807, 2.05) is 0 Å². The molecule has 0 radical (unpaired) electrons.